The minimum atomic E-state index is -4.51. The molecule has 0 aromatic rings. The molecule has 3 unspecified atom stereocenters. The third-order valence-electron chi connectivity index (χ3n) is 8.52. The van der Waals surface area contributed by atoms with Crippen LogP contribution in [0.15, 0.2) is 0 Å². The molecule has 0 aromatic carbocycles. The van der Waals surface area contributed by atoms with Crippen LogP contribution >= 0.6 is 7.82 Å². The van der Waals surface area contributed by atoms with Crippen molar-refractivity contribution in [1.29, 1.82) is 0 Å². The van der Waals surface area contributed by atoms with Crippen LogP contribution in [0, 0.1) is 34.0 Å². The molecule has 3 aliphatic carbocycles. The largest absolute Gasteiger partial charge is 0.469 e. The first-order chi connectivity index (χ1) is 12.4. The van der Waals surface area contributed by atoms with E-state index in [-0.39, 0.29) is 35.9 Å². The number of phosphoric ester groups is 1. The molecule has 0 spiro atoms. The summed E-state index contributed by atoms with van der Waals surface area (Å²) in [6.45, 7) is 7.04. The summed E-state index contributed by atoms with van der Waals surface area (Å²) in [4.78, 5) is 18.1. The molecule has 3 saturated carbocycles. The van der Waals surface area contributed by atoms with Crippen molar-refractivity contribution >= 4 is 7.82 Å². The topological polar surface area (TPSA) is 107 Å². The van der Waals surface area contributed by atoms with E-state index in [1.54, 1.807) is 0 Å². The molecule has 3 aliphatic rings. The maximum Gasteiger partial charge on any atom is 0.469 e. The zero-order chi connectivity index (χ0) is 20.1. The molecule has 0 amide bonds. The van der Waals surface area contributed by atoms with E-state index in [0.29, 0.717) is 12.3 Å². The average molecular weight is 404 g/mol. The van der Waals surface area contributed by atoms with Gasteiger partial charge in [-0.05, 0) is 73.5 Å². The van der Waals surface area contributed by atoms with E-state index in [0.717, 1.165) is 32.1 Å². The number of aliphatic hydroxyl groups excluding tert-OH is 2. The minimum Gasteiger partial charge on any atom is -0.396 e. The summed E-state index contributed by atoms with van der Waals surface area (Å²) in [5.74, 6) is 0.710. The molecule has 7 heteroatoms. The highest BCUT2D eigenvalue weighted by Crippen LogP contribution is 2.67. The van der Waals surface area contributed by atoms with Crippen LogP contribution in [0.4, 0.5) is 0 Å². The van der Waals surface area contributed by atoms with E-state index in [2.05, 4.69) is 20.8 Å². The molecule has 3 rings (SSSR count). The second kappa shape index (κ2) is 7.37. The maximum absolute atomic E-state index is 11.2. The van der Waals surface area contributed by atoms with E-state index in [9.17, 15) is 14.8 Å². The highest BCUT2D eigenvalue weighted by Gasteiger charge is 2.62. The zero-order valence-corrected chi connectivity index (χ0v) is 17.8. The highest BCUT2D eigenvalue weighted by molar-refractivity contribution is 7.46. The van der Waals surface area contributed by atoms with Crippen molar-refractivity contribution in [3.05, 3.63) is 0 Å². The minimum absolute atomic E-state index is 0.0202. The number of hydrogen-bond acceptors (Lipinski definition) is 4. The SMILES string of the molecule is CC1(C)CCC[C@@]2(C)C1CC[C@]1(CO)C2CCC(COP(=O)(O)O)C[C@H]1O. The molecule has 158 valence electrons. The normalized spacial score (nSPS) is 44.9. The monoisotopic (exact) mass is 404 g/mol. The van der Waals surface area contributed by atoms with Crippen LogP contribution in [0.2, 0.25) is 0 Å². The van der Waals surface area contributed by atoms with Crippen LogP contribution in [0.3, 0.4) is 0 Å². The predicted octanol–water partition coefficient (Wildman–Crippen LogP) is 3.48. The fourth-order valence-corrected chi connectivity index (χ4v) is 7.69. The van der Waals surface area contributed by atoms with Gasteiger partial charge in [-0.25, -0.2) is 4.57 Å². The Kier molecular flexibility index (Phi) is 5.93. The Balaban J connectivity index is 1.88. The molecule has 4 N–H and O–H groups in total. The lowest BCUT2D eigenvalue weighted by atomic mass is 9.42. The van der Waals surface area contributed by atoms with Crippen LogP contribution in [0.5, 0.6) is 0 Å². The van der Waals surface area contributed by atoms with Crippen molar-refractivity contribution in [3.8, 4) is 0 Å². The van der Waals surface area contributed by atoms with Gasteiger partial charge in [-0.15, -0.1) is 0 Å². The van der Waals surface area contributed by atoms with Crippen LogP contribution < -0.4 is 0 Å². The van der Waals surface area contributed by atoms with Gasteiger partial charge in [0.1, 0.15) is 0 Å². The summed E-state index contributed by atoms with van der Waals surface area (Å²) in [6.07, 6.45) is 6.80. The molecule has 0 aliphatic heterocycles. The van der Waals surface area contributed by atoms with Gasteiger partial charge in [-0.2, -0.15) is 0 Å². The summed E-state index contributed by atoms with van der Waals surface area (Å²) >= 11 is 0. The first-order valence-electron chi connectivity index (χ1n) is 10.4. The van der Waals surface area contributed by atoms with Crippen LogP contribution in [-0.4, -0.2) is 39.3 Å². The standard InChI is InChI=1S/C20H37O6P/c1-18(2)8-4-9-19(3)15(18)7-10-20(13-21)16(19)6-5-14(11-17(20)22)12-26-27(23,24)25/h14-17,21-22H,4-13H2,1-3H3,(H2,23,24,25)/t14?,15?,16?,17-,19+,20+/m1/s1. The number of fused-ring (bicyclic) bond motifs is 3. The Bertz CT molecular complexity index is 589. The van der Waals surface area contributed by atoms with Gasteiger partial charge >= 0.3 is 7.82 Å². The Morgan fingerprint density at radius 2 is 1.74 bits per heavy atom. The number of aliphatic hydroxyl groups is 2. The number of phosphoric acid groups is 1. The van der Waals surface area contributed by atoms with E-state index in [4.69, 9.17) is 14.3 Å². The first kappa shape index (κ1) is 21.7. The smallest absolute Gasteiger partial charge is 0.396 e. The fraction of sp³-hybridized carbons (Fsp3) is 1.00. The van der Waals surface area contributed by atoms with Gasteiger partial charge in [0.25, 0.3) is 0 Å². The lowest BCUT2D eigenvalue weighted by Gasteiger charge is -2.63. The van der Waals surface area contributed by atoms with Gasteiger partial charge < -0.3 is 20.0 Å². The zero-order valence-electron chi connectivity index (χ0n) is 16.9. The van der Waals surface area contributed by atoms with Crippen molar-refractivity contribution in [2.75, 3.05) is 13.2 Å². The average Bonchev–Trinajstić information content (AvgIpc) is 2.69. The Hall–Kier alpha value is 0.0300. The predicted molar refractivity (Wildman–Crippen MR) is 103 cm³/mol. The van der Waals surface area contributed by atoms with Gasteiger partial charge in [0.05, 0.1) is 19.3 Å². The van der Waals surface area contributed by atoms with E-state index < -0.39 is 19.3 Å². The van der Waals surface area contributed by atoms with Crippen LogP contribution in [0.1, 0.15) is 72.1 Å². The Morgan fingerprint density at radius 3 is 2.37 bits per heavy atom. The number of rotatable bonds is 4. The van der Waals surface area contributed by atoms with Crippen LogP contribution in [0.25, 0.3) is 0 Å². The first-order valence-corrected chi connectivity index (χ1v) is 12.0. The van der Waals surface area contributed by atoms with Crippen molar-refractivity contribution in [3.63, 3.8) is 0 Å². The summed E-state index contributed by atoms with van der Waals surface area (Å²) in [6, 6.07) is 0. The number of hydrogen-bond donors (Lipinski definition) is 4. The Morgan fingerprint density at radius 1 is 1.04 bits per heavy atom. The summed E-state index contributed by atoms with van der Waals surface area (Å²) in [5.41, 5.74) is -0.146. The molecule has 0 bridgehead atoms. The van der Waals surface area contributed by atoms with Gasteiger partial charge in [0.2, 0.25) is 0 Å². The lowest BCUT2D eigenvalue weighted by Crippen LogP contribution is -2.59. The fourth-order valence-electron chi connectivity index (χ4n) is 7.28. The van der Waals surface area contributed by atoms with Gasteiger partial charge in [-0.1, -0.05) is 27.2 Å². The molecule has 27 heavy (non-hydrogen) atoms. The molecule has 0 radical (unpaired) electrons. The van der Waals surface area contributed by atoms with Gasteiger partial charge in [0, 0.05) is 5.41 Å². The summed E-state index contributed by atoms with van der Waals surface area (Å²) in [7, 11) is -4.51. The molecular formula is C20H37O6P. The summed E-state index contributed by atoms with van der Waals surface area (Å²) in [5, 5.41) is 21.6. The quantitative estimate of drug-likeness (QED) is 0.535. The van der Waals surface area contributed by atoms with Crippen molar-refractivity contribution in [2.45, 2.75) is 78.2 Å². The second-order valence-corrected chi connectivity index (χ2v) is 11.6. The molecule has 0 aromatic heterocycles. The van der Waals surface area contributed by atoms with E-state index >= 15 is 0 Å². The van der Waals surface area contributed by atoms with Gasteiger partial charge in [0.15, 0.2) is 0 Å². The van der Waals surface area contributed by atoms with Crippen molar-refractivity contribution in [2.24, 2.45) is 34.0 Å². The van der Waals surface area contributed by atoms with E-state index in [1.165, 1.54) is 12.8 Å². The third-order valence-corrected chi connectivity index (χ3v) is 9.01. The third kappa shape index (κ3) is 3.91. The second-order valence-electron chi connectivity index (χ2n) is 10.4. The molecule has 6 nitrogen and oxygen atoms in total. The van der Waals surface area contributed by atoms with Gasteiger partial charge in [-0.3, -0.25) is 4.52 Å². The lowest BCUT2D eigenvalue weighted by molar-refractivity contribution is -0.183. The molecule has 0 heterocycles. The van der Waals surface area contributed by atoms with Crippen molar-refractivity contribution in [1.82, 2.24) is 0 Å². The molecule has 6 atom stereocenters. The Labute approximate surface area is 162 Å². The van der Waals surface area contributed by atoms with Crippen molar-refractivity contribution < 1.29 is 29.1 Å². The molecule has 3 fully saturated rings. The molecular weight excluding hydrogens is 367 g/mol. The van der Waals surface area contributed by atoms with E-state index in [1.807, 2.05) is 0 Å². The molecule has 0 saturated heterocycles. The van der Waals surface area contributed by atoms with Crippen LogP contribution in [-0.2, 0) is 9.09 Å². The maximum atomic E-state index is 11.2. The highest BCUT2D eigenvalue weighted by atomic mass is 31.2. The summed E-state index contributed by atoms with van der Waals surface area (Å²) < 4.78 is 15.8.